The molecule has 0 fully saturated rings. The second-order valence-corrected chi connectivity index (χ2v) is 8.99. The molecule has 7 nitrogen and oxygen atoms in total. The summed E-state index contributed by atoms with van der Waals surface area (Å²) in [6.45, 7) is 2.09. The molecule has 4 rings (SSSR count). The Bertz CT molecular complexity index is 1350. The molecule has 2 aromatic carbocycles. The molecule has 0 aliphatic carbocycles. The van der Waals surface area contributed by atoms with Gasteiger partial charge in [0.25, 0.3) is 0 Å². The quantitative estimate of drug-likeness (QED) is 0.403. The number of allylic oxidation sites excluding steroid dienone is 1. The number of esters is 2. The van der Waals surface area contributed by atoms with Gasteiger partial charge in [-0.05, 0) is 29.7 Å². The fourth-order valence-corrected chi connectivity index (χ4v) is 4.79. The van der Waals surface area contributed by atoms with Gasteiger partial charge >= 0.3 is 11.9 Å². The van der Waals surface area contributed by atoms with Crippen LogP contribution in [0.1, 0.15) is 29.5 Å². The molecule has 3 aromatic rings. The van der Waals surface area contributed by atoms with Gasteiger partial charge in [0.2, 0.25) is 0 Å². The van der Waals surface area contributed by atoms with E-state index in [0.717, 1.165) is 22.9 Å². The Morgan fingerprint density at radius 2 is 1.76 bits per heavy atom. The van der Waals surface area contributed by atoms with Crippen molar-refractivity contribution in [3.8, 4) is 6.07 Å². The van der Waals surface area contributed by atoms with Gasteiger partial charge in [-0.25, -0.2) is 4.79 Å². The first-order chi connectivity index (χ1) is 18.1. The monoisotopic (exact) mass is 511 g/mol. The Morgan fingerprint density at radius 3 is 2.41 bits per heavy atom. The molecular weight excluding hydrogens is 486 g/mol. The summed E-state index contributed by atoms with van der Waals surface area (Å²) in [6, 6.07) is 24.6. The van der Waals surface area contributed by atoms with Crippen LogP contribution < -0.4 is 5.32 Å². The van der Waals surface area contributed by atoms with Crippen LogP contribution in [0.15, 0.2) is 101 Å². The van der Waals surface area contributed by atoms with E-state index in [0.29, 0.717) is 27.4 Å². The molecule has 0 saturated heterocycles. The minimum absolute atomic E-state index is 0.0169. The van der Waals surface area contributed by atoms with Crippen molar-refractivity contribution in [1.29, 1.82) is 5.26 Å². The van der Waals surface area contributed by atoms with Crippen molar-refractivity contribution in [3.05, 3.63) is 118 Å². The number of nitrogens with zero attached hydrogens (tertiary/aromatic N) is 2. The molecule has 0 amide bonds. The minimum Gasteiger partial charge on any atom is -0.463 e. The molecule has 1 aromatic heterocycles. The highest BCUT2D eigenvalue weighted by atomic mass is 32.2. The number of nitriles is 1. The molecule has 8 heteroatoms. The number of carbonyl (C=O) groups excluding carboxylic acids is 2. The number of carbonyl (C=O) groups is 2. The molecule has 0 spiro atoms. The number of benzene rings is 2. The number of hydrogen-bond donors (Lipinski definition) is 1. The number of aromatic nitrogens is 1. The van der Waals surface area contributed by atoms with Crippen molar-refractivity contribution in [3.63, 3.8) is 0 Å². The van der Waals surface area contributed by atoms with Crippen LogP contribution >= 0.6 is 11.8 Å². The molecule has 186 valence electrons. The van der Waals surface area contributed by atoms with Crippen LogP contribution in [0.25, 0.3) is 5.70 Å². The molecule has 1 unspecified atom stereocenters. The molecule has 0 bridgehead atoms. The number of nitrogens with one attached hydrogen (secondary N) is 1. The van der Waals surface area contributed by atoms with Gasteiger partial charge in [0.15, 0.2) is 0 Å². The molecular formula is C29H25N3O4S. The molecule has 1 aliphatic rings. The van der Waals surface area contributed by atoms with Crippen molar-refractivity contribution in [2.75, 3.05) is 12.4 Å². The average Bonchev–Trinajstić information content (AvgIpc) is 2.95. The fourth-order valence-electron chi connectivity index (χ4n) is 3.95. The van der Waals surface area contributed by atoms with Gasteiger partial charge in [-0.3, -0.25) is 9.78 Å². The van der Waals surface area contributed by atoms with Crippen LogP contribution in [-0.4, -0.2) is 29.3 Å². The summed E-state index contributed by atoms with van der Waals surface area (Å²) in [6.07, 6.45) is 3.26. The maximum absolute atomic E-state index is 13.3. The van der Waals surface area contributed by atoms with E-state index in [2.05, 4.69) is 16.4 Å². The third-order valence-electron chi connectivity index (χ3n) is 5.60. The number of rotatable bonds is 9. The normalized spacial score (nSPS) is 15.0. The van der Waals surface area contributed by atoms with Gasteiger partial charge in [-0.15, -0.1) is 0 Å². The summed E-state index contributed by atoms with van der Waals surface area (Å²) in [5.41, 5.74) is 3.44. The Labute approximate surface area is 219 Å². The summed E-state index contributed by atoms with van der Waals surface area (Å²) in [5.74, 6) is -1.68. The molecule has 1 N–H and O–H groups in total. The smallest absolute Gasteiger partial charge is 0.337 e. The lowest BCUT2D eigenvalue weighted by Gasteiger charge is -2.30. The molecule has 0 saturated carbocycles. The van der Waals surface area contributed by atoms with Gasteiger partial charge in [0.1, 0.15) is 6.61 Å². The van der Waals surface area contributed by atoms with Crippen molar-refractivity contribution >= 4 is 29.4 Å². The van der Waals surface area contributed by atoms with Crippen molar-refractivity contribution in [2.24, 2.45) is 0 Å². The predicted octanol–water partition coefficient (Wildman–Crippen LogP) is 4.95. The largest absolute Gasteiger partial charge is 0.463 e. The zero-order valence-electron chi connectivity index (χ0n) is 20.2. The Kier molecular flexibility index (Phi) is 8.74. The summed E-state index contributed by atoms with van der Waals surface area (Å²) >= 11 is 1.16. The highest BCUT2D eigenvalue weighted by molar-refractivity contribution is 8.03. The van der Waals surface area contributed by atoms with Gasteiger partial charge in [0, 0.05) is 12.4 Å². The highest BCUT2D eigenvalue weighted by Crippen LogP contribution is 2.43. The Morgan fingerprint density at radius 1 is 1.03 bits per heavy atom. The molecule has 2 heterocycles. The molecule has 37 heavy (non-hydrogen) atoms. The van der Waals surface area contributed by atoms with E-state index in [9.17, 15) is 14.9 Å². The van der Waals surface area contributed by atoms with Gasteiger partial charge in [-0.1, -0.05) is 78.5 Å². The summed E-state index contributed by atoms with van der Waals surface area (Å²) in [4.78, 5) is 30.0. The highest BCUT2D eigenvalue weighted by Gasteiger charge is 2.37. The second-order valence-electron chi connectivity index (χ2n) is 8.01. The zero-order chi connectivity index (χ0) is 26.0. The molecule has 1 atom stereocenters. The number of thioether (sulfide) groups is 1. The Balaban J connectivity index is 1.69. The van der Waals surface area contributed by atoms with Gasteiger partial charge in [-0.2, -0.15) is 5.26 Å². The van der Waals surface area contributed by atoms with Crippen LogP contribution in [0.5, 0.6) is 0 Å². The maximum Gasteiger partial charge on any atom is 0.337 e. The third-order valence-corrected chi connectivity index (χ3v) is 6.59. The first kappa shape index (κ1) is 25.7. The van der Waals surface area contributed by atoms with Crippen LogP contribution in [0.2, 0.25) is 0 Å². The lowest BCUT2D eigenvalue weighted by atomic mass is 9.82. The second kappa shape index (κ2) is 12.6. The standard InChI is InChI=1S/C29H25N3O4S/c1-2-35-29(34)26-25(22-14-9-15-31-17-22)23(16-30)28(32-27(26)21-12-7-4-8-13-21)37-19-24(33)36-18-20-10-5-3-6-11-20/h3-15,17,25,32H,2,18-19H2,1H3. The summed E-state index contributed by atoms with van der Waals surface area (Å²) < 4.78 is 10.8. The number of ether oxygens (including phenoxy) is 2. The molecule has 1 aliphatic heterocycles. The first-order valence-electron chi connectivity index (χ1n) is 11.7. The van der Waals surface area contributed by atoms with Crippen LogP contribution in [-0.2, 0) is 25.7 Å². The predicted molar refractivity (Wildman–Crippen MR) is 141 cm³/mol. The lowest BCUT2D eigenvalue weighted by Crippen LogP contribution is -2.29. The first-order valence-corrected chi connectivity index (χ1v) is 12.7. The minimum atomic E-state index is -0.725. The van der Waals surface area contributed by atoms with E-state index in [1.165, 1.54) is 0 Å². The van der Waals surface area contributed by atoms with E-state index in [4.69, 9.17) is 9.47 Å². The van der Waals surface area contributed by atoms with E-state index >= 15 is 0 Å². The van der Waals surface area contributed by atoms with Crippen LogP contribution in [0.3, 0.4) is 0 Å². The van der Waals surface area contributed by atoms with E-state index in [1.807, 2.05) is 66.7 Å². The average molecular weight is 512 g/mol. The Hall–Kier alpha value is -4.35. The summed E-state index contributed by atoms with van der Waals surface area (Å²) in [5, 5.41) is 14.0. The lowest BCUT2D eigenvalue weighted by molar-refractivity contribution is -0.141. The van der Waals surface area contributed by atoms with Crippen LogP contribution in [0, 0.1) is 11.3 Å². The van der Waals surface area contributed by atoms with Crippen molar-refractivity contribution < 1.29 is 19.1 Å². The van der Waals surface area contributed by atoms with E-state index in [-0.39, 0.29) is 19.0 Å². The van der Waals surface area contributed by atoms with Crippen molar-refractivity contribution in [2.45, 2.75) is 19.4 Å². The topological polar surface area (TPSA) is 101 Å². The maximum atomic E-state index is 13.3. The van der Waals surface area contributed by atoms with Crippen LogP contribution in [0.4, 0.5) is 0 Å². The fraction of sp³-hybridized carbons (Fsp3) is 0.172. The number of dihydropyridines is 1. The van der Waals surface area contributed by atoms with E-state index < -0.39 is 17.9 Å². The molecule has 0 radical (unpaired) electrons. The van der Waals surface area contributed by atoms with Gasteiger partial charge in [0.05, 0.1) is 46.2 Å². The zero-order valence-corrected chi connectivity index (χ0v) is 21.0. The SMILES string of the molecule is CCOC(=O)C1=C(c2ccccc2)NC(SCC(=O)OCc2ccccc2)=C(C#N)C1c1cccnc1. The third kappa shape index (κ3) is 6.26. The van der Waals surface area contributed by atoms with Gasteiger partial charge < -0.3 is 14.8 Å². The van der Waals surface area contributed by atoms with E-state index in [1.54, 1.807) is 25.4 Å². The van der Waals surface area contributed by atoms with Crippen molar-refractivity contribution in [1.82, 2.24) is 10.3 Å². The number of pyridine rings is 1. The summed E-state index contributed by atoms with van der Waals surface area (Å²) in [7, 11) is 0. The number of hydrogen-bond acceptors (Lipinski definition) is 8.